The fourth-order valence-corrected chi connectivity index (χ4v) is 2.93. The van der Waals surface area contributed by atoms with Crippen LogP contribution >= 0.6 is 0 Å². The Hall–Kier alpha value is -2.04. The van der Waals surface area contributed by atoms with Gasteiger partial charge in [0.05, 0.1) is 6.10 Å². The average Bonchev–Trinajstić information content (AvgIpc) is 2.45. The van der Waals surface area contributed by atoms with Crippen LogP contribution in [0.5, 0.6) is 11.5 Å². The quantitative estimate of drug-likeness (QED) is 0.715. The number of esters is 1. The van der Waals surface area contributed by atoms with Crippen LogP contribution < -0.4 is 0 Å². The fourth-order valence-electron chi connectivity index (χ4n) is 2.93. The Kier molecular flexibility index (Phi) is 6.02. The van der Waals surface area contributed by atoms with E-state index in [2.05, 4.69) is 0 Å². The number of phenolic OH excluding ortho intramolecular Hbond substituents is 2. The maximum Gasteiger partial charge on any atom is 0.342 e. The molecule has 0 bridgehead atoms. The lowest BCUT2D eigenvalue weighted by Gasteiger charge is -2.17. The van der Waals surface area contributed by atoms with Crippen LogP contribution in [0.25, 0.3) is 0 Å². The van der Waals surface area contributed by atoms with Crippen molar-refractivity contribution in [3.63, 3.8) is 0 Å². The molecule has 0 aromatic heterocycles. The smallest absolute Gasteiger partial charge is 0.342 e. The number of ether oxygens (including phenoxy) is 1. The predicted octanol–water partition coefficient (Wildman–Crippen LogP) is 3.50. The topological polar surface area (TPSA) is 83.8 Å². The summed E-state index contributed by atoms with van der Waals surface area (Å²) in [5, 5.41) is 19.7. The molecule has 1 heterocycles. The molecule has 1 aliphatic heterocycles. The standard InChI is InChI=1S/C18H24O5/c1-12-6-5-9-14(19)8-4-2-3-7-13-10-15(20)11-16(21)17(13)18(22)23-12/h10-12,20-21H,2-9H2,1H3/t12-/m1/s1. The molecule has 2 rings (SSSR count). The molecule has 126 valence electrons. The van der Waals surface area contributed by atoms with Crippen LogP contribution in [-0.4, -0.2) is 28.1 Å². The second-order valence-electron chi connectivity index (χ2n) is 6.21. The first-order chi connectivity index (χ1) is 11.0. The highest BCUT2D eigenvalue weighted by Gasteiger charge is 2.21. The Bertz CT molecular complexity index is 579. The highest BCUT2D eigenvalue weighted by atomic mass is 16.5. The van der Waals surface area contributed by atoms with Crippen LogP contribution in [0.3, 0.4) is 0 Å². The van der Waals surface area contributed by atoms with E-state index in [1.165, 1.54) is 6.07 Å². The second kappa shape index (κ2) is 7.99. The number of Topliss-reactive ketones (excluding diaryl/α,β-unsaturated/α-hetero) is 1. The van der Waals surface area contributed by atoms with Gasteiger partial charge in [-0.15, -0.1) is 0 Å². The fraction of sp³-hybridized carbons (Fsp3) is 0.556. The van der Waals surface area contributed by atoms with Crippen LogP contribution in [0, 0.1) is 0 Å². The minimum absolute atomic E-state index is 0.0709. The highest BCUT2D eigenvalue weighted by molar-refractivity contribution is 5.94. The third-order valence-electron chi connectivity index (χ3n) is 4.16. The van der Waals surface area contributed by atoms with E-state index in [0.717, 1.165) is 25.3 Å². The van der Waals surface area contributed by atoms with Gasteiger partial charge in [-0.05, 0) is 50.7 Å². The number of rotatable bonds is 0. The second-order valence-corrected chi connectivity index (χ2v) is 6.21. The van der Waals surface area contributed by atoms with Crippen molar-refractivity contribution in [1.29, 1.82) is 0 Å². The molecule has 2 N–H and O–H groups in total. The van der Waals surface area contributed by atoms with Crippen molar-refractivity contribution in [3.8, 4) is 11.5 Å². The van der Waals surface area contributed by atoms with Crippen molar-refractivity contribution >= 4 is 11.8 Å². The minimum atomic E-state index is -0.576. The molecule has 0 aliphatic carbocycles. The molecule has 0 radical (unpaired) electrons. The van der Waals surface area contributed by atoms with Crippen molar-refractivity contribution in [2.75, 3.05) is 0 Å². The zero-order valence-electron chi connectivity index (χ0n) is 13.5. The summed E-state index contributed by atoms with van der Waals surface area (Å²) in [4.78, 5) is 24.1. The summed E-state index contributed by atoms with van der Waals surface area (Å²) >= 11 is 0. The molecule has 5 nitrogen and oxygen atoms in total. The van der Waals surface area contributed by atoms with E-state index in [4.69, 9.17) is 4.74 Å². The SMILES string of the molecule is C[C@@H]1CCCC(=O)CCCCCc2cc(O)cc(O)c2C(=O)O1. The summed E-state index contributed by atoms with van der Waals surface area (Å²) in [5.41, 5.74) is 0.728. The molecule has 0 unspecified atom stereocenters. The van der Waals surface area contributed by atoms with Crippen molar-refractivity contribution in [1.82, 2.24) is 0 Å². The number of hydrogen-bond acceptors (Lipinski definition) is 5. The first-order valence-electron chi connectivity index (χ1n) is 8.25. The van der Waals surface area contributed by atoms with Gasteiger partial charge in [0.1, 0.15) is 22.8 Å². The number of phenols is 2. The zero-order chi connectivity index (χ0) is 16.8. The number of cyclic esters (lactones) is 1. The third kappa shape index (κ3) is 4.98. The molecule has 1 aromatic rings. The molecular weight excluding hydrogens is 296 g/mol. The van der Waals surface area contributed by atoms with Gasteiger partial charge in [0.15, 0.2) is 0 Å². The van der Waals surface area contributed by atoms with Gasteiger partial charge in [0, 0.05) is 18.9 Å². The predicted molar refractivity (Wildman–Crippen MR) is 85.7 cm³/mol. The molecule has 1 atom stereocenters. The molecule has 1 aromatic carbocycles. The van der Waals surface area contributed by atoms with Crippen LogP contribution in [0.2, 0.25) is 0 Å². The highest BCUT2D eigenvalue weighted by Crippen LogP contribution is 2.30. The summed E-state index contributed by atoms with van der Waals surface area (Å²) < 4.78 is 5.39. The molecule has 0 saturated carbocycles. The van der Waals surface area contributed by atoms with E-state index in [1.807, 2.05) is 0 Å². The van der Waals surface area contributed by atoms with Gasteiger partial charge in [-0.1, -0.05) is 6.42 Å². The van der Waals surface area contributed by atoms with Crippen molar-refractivity contribution in [2.45, 2.75) is 64.4 Å². The van der Waals surface area contributed by atoms with Crippen LogP contribution in [-0.2, 0) is 16.0 Å². The van der Waals surface area contributed by atoms with Gasteiger partial charge in [-0.2, -0.15) is 0 Å². The van der Waals surface area contributed by atoms with Crippen molar-refractivity contribution in [2.24, 2.45) is 0 Å². The van der Waals surface area contributed by atoms with Crippen molar-refractivity contribution in [3.05, 3.63) is 23.3 Å². The molecule has 1 aliphatic rings. The van der Waals surface area contributed by atoms with Crippen LogP contribution in [0.1, 0.15) is 67.8 Å². The molecule has 5 heteroatoms. The lowest BCUT2D eigenvalue weighted by molar-refractivity contribution is -0.119. The molecule has 0 spiro atoms. The molecule has 0 saturated heterocycles. The van der Waals surface area contributed by atoms with Gasteiger partial charge in [-0.3, -0.25) is 4.79 Å². The number of benzene rings is 1. The first-order valence-corrected chi connectivity index (χ1v) is 8.25. The van der Waals surface area contributed by atoms with Gasteiger partial charge < -0.3 is 14.9 Å². The summed E-state index contributed by atoms with van der Waals surface area (Å²) in [6.45, 7) is 1.78. The van der Waals surface area contributed by atoms with Gasteiger partial charge in [-0.25, -0.2) is 4.79 Å². The lowest BCUT2D eigenvalue weighted by Crippen LogP contribution is -2.17. The average molecular weight is 320 g/mol. The summed E-state index contributed by atoms with van der Waals surface area (Å²) in [5.74, 6) is -0.637. The lowest BCUT2D eigenvalue weighted by atomic mass is 9.98. The number of aryl methyl sites for hydroxylation is 1. The van der Waals surface area contributed by atoms with E-state index in [9.17, 15) is 19.8 Å². The Morgan fingerprint density at radius 2 is 1.70 bits per heavy atom. The maximum atomic E-state index is 12.4. The third-order valence-corrected chi connectivity index (χ3v) is 4.16. The van der Waals surface area contributed by atoms with E-state index in [0.29, 0.717) is 37.7 Å². The monoisotopic (exact) mass is 320 g/mol. The van der Waals surface area contributed by atoms with Gasteiger partial charge in [0.25, 0.3) is 0 Å². The Balaban J connectivity index is 2.23. The number of carbonyl (C=O) groups is 2. The maximum absolute atomic E-state index is 12.4. The largest absolute Gasteiger partial charge is 0.508 e. The summed E-state index contributed by atoms with van der Waals surface area (Å²) in [7, 11) is 0. The summed E-state index contributed by atoms with van der Waals surface area (Å²) in [6.07, 6.45) is 5.14. The molecule has 0 amide bonds. The number of carbonyl (C=O) groups excluding carboxylic acids is 2. The first kappa shape index (κ1) is 17.3. The number of hydrogen-bond donors (Lipinski definition) is 2. The Labute approximate surface area is 136 Å². The van der Waals surface area contributed by atoms with Crippen molar-refractivity contribution < 1.29 is 24.5 Å². The van der Waals surface area contributed by atoms with E-state index >= 15 is 0 Å². The molecule has 0 fully saturated rings. The Morgan fingerprint density at radius 1 is 1.00 bits per heavy atom. The minimum Gasteiger partial charge on any atom is -0.508 e. The number of fused-ring (bicyclic) bond motifs is 1. The molecule has 23 heavy (non-hydrogen) atoms. The van der Waals surface area contributed by atoms with E-state index in [1.54, 1.807) is 6.92 Å². The normalized spacial score (nSPS) is 21.2. The number of aromatic hydroxyl groups is 2. The van der Waals surface area contributed by atoms with E-state index < -0.39 is 5.97 Å². The van der Waals surface area contributed by atoms with Crippen LogP contribution in [0.15, 0.2) is 12.1 Å². The van der Waals surface area contributed by atoms with Gasteiger partial charge >= 0.3 is 5.97 Å². The van der Waals surface area contributed by atoms with Crippen LogP contribution in [0.4, 0.5) is 0 Å². The zero-order valence-corrected chi connectivity index (χ0v) is 13.5. The number of ketones is 1. The molecular formula is C18H24O5. The van der Waals surface area contributed by atoms with E-state index in [-0.39, 0.29) is 28.9 Å². The Morgan fingerprint density at radius 3 is 2.48 bits per heavy atom. The summed E-state index contributed by atoms with van der Waals surface area (Å²) in [6, 6.07) is 2.66. The van der Waals surface area contributed by atoms with Gasteiger partial charge in [0.2, 0.25) is 0 Å².